The maximum absolute atomic E-state index is 11.9. The van der Waals surface area contributed by atoms with Gasteiger partial charge in [-0.15, -0.1) is 5.10 Å². The van der Waals surface area contributed by atoms with Gasteiger partial charge in [-0.25, -0.2) is 4.79 Å². The van der Waals surface area contributed by atoms with Crippen LogP contribution in [0.3, 0.4) is 0 Å². The Balaban J connectivity index is 1.77. The van der Waals surface area contributed by atoms with Gasteiger partial charge in [0.25, 0.3) is 0 Å². The summed E-state index contributed by atoms with van der Waals surface area (Å²) >= 11 is 0. The molecule has 2 amide bonds. The lowest BCUT2D eigenvalue weighted by Gasteiger charge is -2.23. The molecule has 104 valence electrons. The summed E-state index contributed by atoms with van der Waals surface area (Å²) in [6.45, 7) is 1.61. The zero-order chi connectivity index (χ0) is 13.7. The zero-order valence-corrected chi connectivity index (χ0v) is 10.5. The van der Waals surface area contributed by atoms with Gasteiger partial charge in [-0.2, -0.15) is 0 Å². The highest BCUT2D eigenvalue weighted by atomic mass is 16.4. The summed E-state index contributed by atoms with van der Waals surface area (Å²) in [5, 5.41) is 19.0. The van der Waals surface area contributed by atoms with Crippen molar-refractivity contribution in [2.24, 2.45) is 0 Å². The van der Waals surface area contributed by atoms with Gasteiger partial charge >= 0.3 is 12.0 Å². The first kappa shape index (κ1) is 13.3. The number of likely N-dealkylation sites (tertiary alicyclic amines) is 1. The van der Waals surface area contributed by atoms with E-state index >= 15 is 0 Å². The Morgan fingerprint density at radius 2 is 2.32 bits per heavy atom. The number of carbonyl (C=O) groups is 2. The van der Waals surface area contributed by atoms with Gasteiger partial charge in [0.2, 0.25) is 0 Å². The largest absolute Gasteiger partial charge is 0.481 e. The third-order valence-electron chi connectivity index (χ3n) is 3.14. The van der Waals surface area contributed by atoms with Crippen LogP contribution in [-0.4, -0.2) is 56.1 Å². The van der Waals surface area contributed by atoms with E-state index in [0.29, 0.717) is 19.6 Å². The number of hydrogen-bond donors (Lipinski definition) is 2. The lowest BCUT2D eigenvalue weighted by atomic mass is 10.1. The van der Waals surface area contributed by atoms with Gasteiger partial charge in [0.15, 0.2) is 0 Å². The standard InChI is InChI=1S/C11H17N5O3/c17-10(18)8-9-2-1-5-16(9)11(19)12-3-6-15-7-4-13-14-15/h4,7,9H,1-3,5-6,8H2,(H,12,19)(H,17,18). The molecule has 1 saturated heterocycles. The molecule has 1 aromatic heterocycles. The molecule has 0 bridgehead atoms. The molecule has 8 heteroatoms. The molecule has 8 nitrogen and oxygen atoms in total. The molecule has 1 aliphatic heterocycles. The van der Waals surface area contributed by atoms with Crippen molar-refractivity contribution in [3.05, 3.63) is 12.4 Å². The highest BCUT2D eigenvalue weighted by Gasteiger charge is 2.30. The Hall–Kier alpha value is -2.12. The number of nitrogens with zero attached hydrogens (tertiary/aromatic N) is 4. The van der Waals surface area contributed by atoms with Crippen molar-refractivity contribution in [2.75, 3.05) is 13.1 Å². The molecule has 1 aliphatic rings. The molecule has 0 aromatic carbocycles. The van der Waals surface area contributed by atoms with Gasteiger partial charge in [0.05, 0.1) is 19.2 Å². The minimum Gasteiger partial charge on any atom is -0.481 e. The second-order valence-corrected chi connectivity index (χ2v) is 4.49. The van der Waals surface area contributed by atoms with Crippen LogP contribution in [0.15, 0.2) is 12.4 Å². The van der Waals surface area contributed by atoms with Crippen LogP contribution < -0.4 is 5.32 Å². The number of rotatable bonds is 5. The summed E-state index contributed by atoms with van der Waals surface area (Å²) in [5.74, 6) is -0.868. The van der Waals surface area contributed by atoms with Crippen molar-refractivity contribution in [2.45, 2.75) is 31.8 Å². The Morgan fingerprint density at radius 3 is 3.00 bits per heavy atom. The summed E-state index contributed by atoms with van der Waals surface area (Å²) in [4.78, 5) is 24.3. The van der Waals surface area contributed by atoms with E-state index in [1.165, 1.54) is 0 Å². The fourth-order valence-corrected chi connectivity index (χ4v) is 2.25. The molecular formula is C11H17N5O3. The number of carboxylic acid groups (broad SMARTS) is 1. The second kappa shape index (κ2) is 6.17. The lowest BCUT2D eigenvalue weighted by molar-refractivity contribution is -0.137. The van der Waals surface area contributed by atoms with E-state index in [0.717, 1.165) is 12.8 Å². The second-order valence-electron chi connectivity index (χ2n) is 4.49. The molecule has 2 rings (SSSR count). The van der Waals surface area contributed by atoms with Gasteiger partial charge in [-0.3, -0.25) is 9.48 Å². The summed E-state index contributed by atoms with van der Waals surface area (Å²) in [6, 6.07) is -0.396. The quantitative estimate of drug-likeness (QED) is 0.777. The van der Waals surface area contributed by atoms with Crippen LogP contribution in [0.25, 0.3) is 0 Å². The fraction of sp³-hybridized carbons (Fsp3) is 0.636. The van der Waals surface area contributed by atoms with Crippen LogP contribution in [0.1, 0.15) is 19.3 Å². The van der Waals surface area contributed by atoms with Crippen LogP contribution in [0, 0.1) is 0 Å². The van der Waals surface area contributed by atoms with E-state index in [-0.39, 0.29) is 18.5 Å². The monoisotopic (exact) mass is 267 g/mol. The average molecular weight is 267 g/mol. The SMILES string of the molecule is O=C(O)CC1CCCN1C(=O)NCCn1ccnn1. The van der Waals surface area contributed by atoms with Gasteiger partial charge in [-0.1, -0.05) is 5.21 Å². The van der Waals surface area contributed by atoms with Crippen molar-refractivity contribution in [1.29, 1.82) is 0 Å². The Bertz CT molecular complexity index is 434. The van der Waals surface area contributed by atoms with Gasteiger partial charge in [-0.05, 0) is 12.8 Å². The van der Waals surface area contributed by atoms with E-state index in [1.54, 1.807) is 22.0 Å². The van der Waals surface area contributed by atoms with E-state index in [2.05, 4.69) is 15.6 Å². The molecule has 1 aromatic rings. The topological polar surface area (TPSA) is 100 Å². The highest BCUT2D eigenvalue weighted by Crippen LogP contribution is 2.19. The molecule has 19 heavy (non-hydrogen) atoms. The van der Waals surface area contributed by atoms with Gasteiger partial charge in [0.1, 0.15) is 0 Å². The molecular weight excluding hydrogens is 250 g/mol. The summed E-state index contributed by atoms with van der Waals surface area (Å²) in [6.07, 6.45) is 4.91. The number of amides is 2. The normalized spacial score (nSPS) is 18.5. The van der Waals surface area contributed by atoms with E-state index < -0.39 is 5.97 Å². The molecule has 2 N–H and O–H groups in total. The molecule has 1 atom stereocenters. The van der Waals surface area contributed by atoms with Crippen LogP contribution in [0.4, 0.5) is 4.79 Å². The van der Waals surface area contributed by atoms with Crippen molar-refractivity contribution in [3.63, 3.8) is 0 Å². The predicted molar refractivity (Wildman–Crippen MR) is 65.4 cm³/mol. The maximum Gasteiger partial charge on any atom is 0.317 e. The van der Waals surface area contributed by atoms with Crippen molar-refractivity contribution >= 4 is 12.0 Å². The van der Waals surface area contributed by atoms with Crippen LogP contribution in [0.5, 0.6) is 0 Å². The lowest BCUT2D eigenvalue weighted by Crippen LogP contribution is -2.44. The molecule has 0 saturated carbocycles. The van der Waals surface area contributed by atoms with Gasteiger partial charge < -0.3 is 15.3 Å². The molecule has 0 aliphatic carbocycles. The Kier molecular flexibility index (Phi) is 4.32. The Labute approximate surface area is 110 Å². The van der Waals surface area contributed by atoms with Crippen molar-refractivity contribution < 1.29 is 14.7 Å². The first-order valence-corrected chi connectivity index (χ1v) is 6.27. The third kappa shape index (κ3) is 3.67. The molecule has 0 spiro atoms. The number of aliphatic carboxylic acids is 1. The van der Waals surface area contributed by atoms with E-state index in [1.807, 2.05) is 0 Å². The zero-order valence-electron chi connectivity index (χ0n) is 10.5. The number of carbonyl (C=O) groups excluding carboxylic acids is 1. The summed E-state index contributed by atoms with van der Waals surface area (Å²) in [7, 11) is 0. The third-order valence-corrected chi connectivity index (χ3v) is 3.14. The smallest absolute Gasteiger partial charge is 0.317 e. The summed E-state index contributed by atoms with van der Waals surface area (Å²) in [5.41, 5.74) is 0. The van der Waals surface area contributed by atoms with Gasteiger partial charge in [0, 0.05) is 25.3 Å². The summed E-state index contributed by atoms with van der Waals surface area (Å²) < 4.78 is 1.62. The van der Waals surface area contributed by atoms with Crippen LogP contribution in [0.2, 0.25) is 0 Å². The minimum atomic E-state index is -0.868. The molecule has 1 unspecified atom stereocenters. The van der Waals surface area contributed by atoms with E-state index in [4.69, 9.17) is 5.11 Å². The Morgan fingerprint density at radius 1 is 1.47 bits per heavy atom. The minimum absolute atomic E-state index is 0.0104. The number of nitrogens with one attached hydrogen (secondary N) is 1. The van der Waals surface area contributed by atoms with Crippen LogP contribution in [-0.2, 0) is 11.3 Å². The maximum atomic E-state index is 11.9. The first-order chi connectivity index (χ1) is 9.16. The number of urea groups is 1. The van der Waals surface area contributed by atoms with Crippen molar-refractivity contribution in [3.8, 4) is 0 Å². The molecule has 1 fully saturated rings. The first-order valence-electron chi connectivity index (χ1n) is 6.27. The predicted octanol–water partition coefficient (Wildman–Crippen LogP) is -0.0732. The molecule has 2 heterocycles. The molecule has 0 radical (unpaired) electrons. The van der Waals surface area contributed by atoms with Crippen molar-refractivity contribution in [1.82, 2.24) is 25.2 Å². The highest BCUT2D eigenvalue weighted by molar-refractivity contribution is 5.76. The number of hydrogen-bond acceptors (Lipinski definition) is 4. The van der Waals surface area contributed by atoms with Crippen LogP contribution >= 0.6 is 0 Å². The fourth-order valence-electron chi connectivity index (χ4n) is 2.25. The number of carboxylic acids is 1. The average Bonchev–Trinajstić information content (AvgIpc) is 2.99. The number of aromatic nitrogens is 3. The van der Waals surface area contributed by atoms with E-state index in [9.17, 15) is 9.59 Å².